The SMILES string of the molecule is O=C(O)CN1CCN(CC(=O)O)CCN(CC(O)CN(CCOCCOCCOCc2ccccc2)CC(O)CN2CCN(CC(=O)O)CCN(CC(=O)O)CCN(CC(=O)O)CC2)CCN(CC(=O)O)CC1. The molecule has 0 amide bonds. The molecule has 26 nitrogen and oxygen atoms in total. The molecule has 2 aliphatic rings. The number of aliphatic hydroxyl groups is 2. The van der Waals surface area contributed by atoms with Crippen LogP contribution in [0.4, 0.5) is 0 Å². The number of carbonyl (C=O) groups is 6. The Hall–Kier alpha value is -4.52. The molecule has 2 fully saturated rings. The number of carboxylic acid groups (broad SMARTS) is 6. The molecule has 416 valence electrons. The number of aliphatic carboxylic acids is 6. The lowest BCUT2D eigenvalue weighted by Crippen LogP contribution is -2.51. The second-order valence-corrected chi connectivity index (χ2v) is 18.5. The van der Waals surface area contributed by atoms with E-state index < -0.39 is 48.0 Å². The Bertz CT molecular complexity index is 1600. The van der Waals surface area contributed by atoms with E-state index in [1.54, 1.807) is 29.4 Å². The second kappa shape index (κ2) is 36.4. The van der Waals surface area contributed by atoms with Gasteiger partial charge in [-0.2, -0.15) is 0 Å². The first-order valence-corrected chi connectivity index (χ1v) is 24.9. The number of aliphatic hydroxyl groups excluding tert-OH is 2. The number of carboxylic acids is 6. The average molecular weight is 1040 g/mol. The zero-order chi connectivity index (χ0) is 53.4. The van der Waals surface area contributed by atoms with Crippen molar-refractivity contribution in [3.63, 3.8) is 0 Å². The molecule has 0 spiro atoms. The minimum absolute atomic E-state index is 0.0691. The van der Waals surface area contributed by atoms with Crippen molar-refractivity contribution in [2.24, 2.45) is 0 Å². The van der Waals surface area contributed by atoms with Crippen LogP contribution in [0.15, 0.2) is 30.3 Å². The van der Waals surface area contributed by atoms with E-state index in [-0.39, 0.29) is 164 Å². The average Bonchev–Trinajstić information content (AvgIpc) is 3.30. The van der Waals surface area contributed by atoms with Crippen LogP contribution in [-0.2, 0) is 49.6 Å². The summed E-state index contributed by atoms with van der Waals surface area (Å²) in [5, 5.41) is 81.2. The van der Waals surface area contributed by atoms with Gasteiger partial charge >= 0.3 is 35.8 Å². The predicted octanol–water partition coefficient (Wildman–Crippen LogP) is -3.79. The number of hydrogen-bond donors (Lipinski definition) is 8. The topological polar surface area (TPSA) is 321 Å². The molecule has 0 radical (unpaired) electrons. The van der Waals surface area contributed by atoms with Crippen LogP contribution in [0.25, 0.3) is 0 Å². The number of hydrogen-bond acceptors (Lipinski definition) is 20. The summed E-state index contributed by atoms with van der Waals surface area (Å²) in [6.45, 7) is 5.08. The summed E-state index contributed by atoms with van der Waals surface area (Å²) in [7, 11) is 0. The molecule has 2 unspecified atom stereocenters. The van der Waals surface area contributed by atoms with Gasteiger partial charge in [0.1, 0.15) is 0 Å². The number of β-amino-alcohol motifs (C(OH)–C–C–N with tert-alkyl or cyclic N) is 2. The zero-order valence-electron chi connectivity index (χ0n) is 42.2. The lowest BCUT2D eigenvalue weighted by atomic mass is 10.2. The maximum atomic E-state index is 11.8. The van der Waals surface area contributed by atoms with Crippen molar-refractivity contribution in [2.45, 2.75) is 18.8 Å². The maximum Gasteiger partial charge on any atom is 0.317 e. The van der Waals surface area contributed by atoms with Crippen LogP contribution in [0.5, 0.6) is 0 Å². The molecule has 73 heavy (non-hydrogen) atoms. The number of benzene rings is 1. The van der Waals surface area contributed by atoms with Crippen molar-refractivity contribution in [1.29, 1.82) is 0 Å². The van der Waals surface area contributed by atoms with Crippen LogP contribution in [0.3, 0.4) is 0 Å². The minimum atomic E-state index is -1.06. The summed E-state index contributed by atoms with van der Waals surface area (Å²) in [5.41, 5.74) is 1.05. The second-order valence-electron chi connectivity index (χ2n) is 18.5. The summed E-state index contributed by atoms with van der Waals surface area (Å²) in [6.07, 6.45) is -2.02. The minimum Gasteiger partial charge on any atom is -0.480 e. The third-order valence-electron chi connectivity index (χ3n) is 12.3. The summed E-state index contributed by atoms with van der Waals surface area (Å²) in [4.78, 5) is 86.4. The van der Waals surface area contributed by atoms with Crippen molar-refractivity contribution < 1.29 is 83.8 Å². The van der Waals surface area contributed by atoms with Gasteiger partial charge in [-0.3, -0.25) is 72.9 Å². The molecule has 26 heteroatoms. The van der Waals surface area contributed by atoms with E-state index in [1.807, 2.05) is 45.0 Å². The first-order chi connectivity index (χ1) is 34.9. The molecule has 2 atom stereocenters. The summed E-state index contributed by atoms with van der Waals surface area (Å²) < 4.78 is 17.3. The van der Waals surface area contributed by atoms with Crippen LogP contribution >= 0.6 is 0 Å². The van der Waals surface area contributed by atoms with E-state index in [0.29, 0.717) is 52.6 Å². The lowest BCUT2D eigenvalue weighted by Gasteiger charge is -2.35. The van der Waals surface area contributed by atoms with E-state index in [9.17, 15) is 69.6 Å². The first kappa shape index (κ1) is 62.8. The molecule has 1 aromatic rings. The molecule has 2 heterocycles. The van der Waals surface area contributed by atoms with Gasteiger partial charge in [0.2, 0.25) is 0 Å². The fraction of sp³-hybridized carbons (Fsp3) is 0.745. The van der Waals surface area contributed by atoms with Crippen molar-refractivity contribution in [1.82, 2.24) is 44.1 Å². The molecule has 0 bridgehead atoms. The van der Waals surface area contributed by atoms with Crippen LogP contribution in [0, 0.1) is 0 Å². The van der Waals surface area contributed by atoms with Gasteiger partial charge in [0.15, 0.2) is 0 Å². The Morgan fingerprint density at radius 3 is 0.945 bits per heavy atom. The van der Waals surface area contributed by atoms with Crippen molar-refractivity contribution in [3.05, 3.63) is 35.9 Å². The van der Waals surface area contributed by atoms with E-state index in [1.165, 1.54) is 0 Å². The molecule has 0 aliphatic carbocycles. The molecular formula is C47H81N9O17. The Morgan fingerprint density at radius 1 is 0.397 bits per heavy atom. The van der Waals surface area contributed by atoms with Crippen LogP contribution in [-0.4, -0.2) is 343 Å². The van der Waals surface area contributed by atoms with Crippen LogP contribution < -0.4 is 0 Å². The smallest absolute Gasteiger partial charge is 0.317 e. The Balaban J connectivity index is 1.74. The Kier molecular flexibility index (Phi) is 31.3. The lowest BCUT2D eigenvalue weighted by molar-refractivity contribution is -0.140. The van der Waals surface area contributed by atoms with E-state index in [0.717, 1.165) is 5.56 Å². The first-order valence-electron chi connectivity index (χ1n) is 24.9. The fourth-order valence-corrected chi connectivity index (χ4v) is 8.58. The number of ether oxygens (including phenoxy) is 3. The monoisotopic (exact) mass is 1040 g/mol. The van der Waals surface area contributed by atoms with Gasteiger partial charge < -0.3 is 55.1 Å². The van der Waals surface area contributed by atoms with E-state index >= 15 is 0 Å². The third-order valence-corrected chi connectivity index (χ3v) is 12.3. The fourth-order valence-electron chi connectivity index (χ4n) is 8.58. The molecule has 2 aliphatic heterocycles. The highest BCUT2D eigenvalue weighted by molar-refractivity contribution is 5.71. The highest BCUT2D eigenvalue weighted by Gasteiger charge is 2.26. The highest BCUT2D eigenvalue weighted by atomic mass is 16.5. The van der Waals surface area contributed by atoms with Gasteiger partial charge in [0.25, 0.3) is 0 Å². The van der Waals surface area contributed by atoms with Gasteiger partial charge in [0, 0.05) is 137 Å². The molecule has 1 aromatic carbocycles. The van der Waals surface area contributed by atoms with Crippen LogP contribution in [0.2, 0.25) is 0 Å². The van der Waals surface area contributed by atoms with Gasteiger partial charge in [-0.25, -0.2) is 0 Å². The number of nitrogens with zero attached hydrogens (tertiary/aromatic N) is 9. The standard InChI is InChI=1S/C47H81N9O17/c57-40(28-48-6-10-50(32-42(59)60)14-18-54(36-46(67)68)19-15-51(11-7-48)33-43(61)62)30-56(22-23-71-24-25-72-26-27-73-38-39-4-2-1-3-5-39)31-41(58)29-49-8-12-52(34-44(63)64)16-20-55(37-47(69)70)21-17-53(13-9-49)35-45(65)66/h1-5,40-41,57-58H,6-38H2,(H,59,60)(H,61,62)(H,63,64)(H,65,66)(H,67,68)(H,69,70). The Labute approximate surface area is 427 Å². The summed E-state index contributed by atoms with van der Waals surface area (Å²) in [6, 6.07) is 9.76. The molecule has 2 saturated heterocycles. The highest BCUT2D eigenvalue weighted by Crippen LogP contribution is 2.08. The predicted molar refractivity (Wildman–Crippen MR) is 264 cm³/mol. The molecule has 0 aromatic heterocycles. The third kappa shape index (κ3) is 31.1. The Morgan fingerprint density at radius 2 is 0.658 bits per heavy atom. The summed E-state index contributed by atoms with van der Waals surface area (Å²) >= 11 is 0. The van der Waals surface area contributed by atoms with Gasteiger partial charge in [-0.1, -0.05) is 30.3 Å². The van der Waals surface area contributed by atoms with Crippen molar-refractivity contribution in [3.8, 4) is 0 Å². The largest absolute Gasteiger partial charge is 0.480 e. The van der Waals surface area contributed by atoms with Gasteiger partial charge in [-0.15, -0.1) is 0 Å². The van der Waals surface area contributed by atoms with Crippen molar-refractivity contribution in [2.75, 3.05) is 210 Å². The molecule has 3 rings (SSSR count). The van der Waals surface area contributed by atoms with Gasteiger partial charge in [-0.05, 0) is 5.56 Å². The molecule has 8 N–H and O–H groups in total. The van der Waals surface area contributed by atoms with E-state index in [2.05, 4.69) is 0 Å². The summed E-state index contributed by atoms with van der Waals surface area (Å²) in [5.74, 6) is -6.34. The number of rotatable bonds is 31. The van der Waals surface area contributed by atoms with Crippen molar-refractivity contribution >= 4 is 35.8 Å². The molecular weight excluding hydrogens is 963 g/mol. The maximum absolute atomic E-state index is 11.8. The zero-order valence-corrected chi connectivity index (χ0v) is 42.2. The van der Waals surface area contributed by atoms with Crippen LogP contribution in [0.1, 0.15) is 5.56 Å². The quantitative estimate of drug-likeness (QED) is 0.0331. The van der Waals surface area contributed by atoms with Gasteiger partial charge in [0.05, 0.1) is 91.1 Å². The normalized spacial score (nSPS) is 19.0. The molecule has 0 saturated carbocycles. The van der Waals surface area contributed by atoms with E-state index in [4.69, 9.17) is 14.2 Å².